The van der Waals surface area contributed by atoms with E-state index in [4.69, 9.17) is 10.5 Å². The van der Waals surface area contributed by atoms with Gasteiger partial charge in [0.15, 0.2) is 5.78 Å². The van der Waals surface area contributed by atoms with Gasteiger partial charge in [-0.05, 0) is 30.1 Å². The molecule has 4 nitrogen and oxygen atoms in total. The van der Waals surface area contributed by atoms with Gasteiger partial charge in [-0.15, -0.1) is 0 Å². The molecule has 0 radical (unpaired) electrons. The Morgan fingerprint density at radius 2 is 1.96 bits per heavy atom. The molecule has 0 saturated carbocycles. The molecule has 2 aliphatic rings. The summed E-state index contributed by atoms with van der Waals surface area (Å²) in [7, 11) is 0. The van der Waals surface area contributed by atoms with E-state index in [2.05, 4.69) is 37.1 Å². The lowest BCUT2D eigenvalue weighted by Crippen LogP contribution is -2.44. The molecule has 1 aliphatic heterocycles. The van der Waals surface area contributed by atoms with E-state index in [0.717, 1.165) is 28.8 Å². The van der Waals surface area contributed by atoms with Gasteiger partial charge < -0.3 is 15.4 Å². The van der Waals surface area contributed by atoms with Crippen LogP contribution in [0.15, 0.2) is 59.8 Å². The van der Waals surface area contributed by atoms with E-state index in [0.29, 0.717) is 19.1 Å². The van der Waals surface area contributed by atoms with Gasteiger partial charge >= 0.3 is 0 Å². The van der Waals surface area contributed by atoms with Crippen molar-refractivity contribution >= 4 is 11.4 Å². The normalized spacial score (nSPS) is 22.7. The molecule has 1 aliphatic carbocycles. The molecule has 26 heavy (non-hydrogen) atoms. The Labute approximate surface area is 156 Å². The molecule has 0 bridgehead atoms. The first-order valence-corrected chi connectivity index (χ1v) is 9.38. The fourth-order valence-corrected chi connectivity index (χ4v) is 3.76. The van der Waals surface area contributed by atoms with Crippen LogP contribution in [-0.2, 0) is 9.53 Å². The maximum absolute atomic E-state index is 13.2. The molecule has 0 aromatic heterocycles. The SMILES string of the molecule is CCOC1C=CC2=CN(CC(C)C)C(CN)C(c3ccccc3)=C2C1=O. The Bertz CT molecular complexity index is 747. The van der Waals surface area contributed by atoms with Crippen LogP contribution >= 0.6 is 0 Å². The lowest BCUT2D eigenvalue weighted by Gasteiger charge is -2.40. The van der Waals surface area contributed by atoms with Crippen molar-refractivity contribution in [1.29, 1.82) is 0 Å². The van der Waals surface area contributed by atoms with E-state index in [9.17, 15) is 4.79 Å². The van der Waals surface area contributed by atoms with Gasteiger partial charge in [0.05, 0.1) is 6.04 Å². The van der Waals surface area contributed by atoms with Gasteiger partial charge in [-0.2, -0.15) is 0 Å². The second-order valence-electron chi connectivity index (χ2n) is 7.18. The number of nitrogens with two attached hydrogens (primary N) is 1. The average Bonchev–Trinajstić information content (AvgIpc) is 2.63. The van der Waals surface area contributed by atoms with Crippen molar-refractivity contribution < 1.29 is 9.53 Å². The minimum absolute atomic E-state index is 0.0173. The van der Waals surface area contributed by atoms with Gasteiger partial charge in [0, 0.05) is 37.0 Å². The highest BCUT2D eigenvalue weighted by Crippen LogP contribution is 2.38. The molecular weight excluding hydrogens is 324 g/mol. The van der Waals surface area contributed by atoms with Crippen LogP contribution in [0.3, 0.4) is 0 Å². The molecule has 0 amide bonds. The third kappa shape index (κ3) is 3.53. The second kappa shape index (κ2) is 8.02. The second-order valence-corrected chi connectivity index (χ2v) is 7.18. The molecule has 0 saturated heterocycles. The number of carbonyl (C=O) groups is 1. The van der Waals surface area contributed by atoms with Crippen molar-refractivity contribution in [2.24, 2.45) is 11.7 Å². The smallest absolute Gasteiger partial charge is 0.196 e. The molecule has 2 atom stereocenters. The summed E-state index contributed by atoms with van der Waals surface area (Å²) in [5.74, 6) is 0.529. The summed E-state index contributed by atoms with van der Waals surface area (Å²) in [6.45, 7) is 8.16. The Balaban J connectivity index is 2.17. The highest BCUT2D eigenvalue weighted by Gasteiger charge is 2.36. The van der Waals surface area contributed by atoms with Crippen LogP contribution in [0.25, 0.3) is 5.57 Å². The van der Waals surface area contributed by atoms with Crippen molar-refractivity contribution in [3.8, 4) is 0 Å². The number of hydrogen-bond acceptors (Lipinski definition) is 4. The third-order valence-corrected chi connectivity index (χ3v) is 4.78. The molecule has 0 fully saturated rings. The maximum Gasteiger partial charge on any atom is 0.196 e. The van der Waals surface area contributed by atoms with Crippen LogP contribution in [-0.4, -0.2) is 42.5 Å². The molecule has 1 aromatic rings. The first-order valence-electron chi connectivity index (χ1n) is 9.38. The predicted molar refractivity (Wildman–Crippen MR) is 105 cm³/mol. The summed E-state index contributed by atoms with van der Waals surface area (Å²) in [5, 5.41) is 0. The molecule has 2 N–H and O–H groups in total. The zero-order valence-electron chi connectivity index (χ0n) is 15.8. The minimum atomic E-state index is -0.513. The number of allylic oxidation sites excluding steroid dienone is 2. The summed E-state index contributed by atoms with van der Waals surface area (Å²) in [6.07, 6.45) is 5.46. The van der Waals surface area contributed by atoms with E-state index in [1.165, 1.54) is 0 Å². The zero-order valence-corrected chi connectivity index (χ0v) is 15.8. The minimum Gasteiger partial charge on any atom is -0.368 e. The van der Waals surface area contributed by atoms with Crippen LogP contribution in [0.5, 0.6) is 0 Å². The van der Waals surface area contributed by atoms with Crippen LogP contribution in [0, 0.1) is 5.92 Å². The van der Waals surface area contributed by atoms with E-state index >= 15 is 0 Å². The van der Waals surface area contributed by atoms with Crippen molar-refractivity contribution in [3.63, 3.8) is 0 Å². The van der Waals surface area contributed by atoms with Crippen molar-refractivity contribution in [2.75, 3.05) is 19.7 Å². The van der Waals surface area contributed by atoms with Crippen LogP contribution in [0.4, 0.5) is 0 Å². The molecule has 1 heterocycles. The highest BCUT2D eigenvalue weighted by atomic mass is 16.5. The predicted octanol–water partition coefficient (Wildman–Crippen LogP) is 3.17. The summed E-state index contributed by atoms with van der Waals surface area (Å²) in [4.78, 5) is 15.5. The topological polar surface area (TPSA) is 55.6 Å². The standard InChI is InChI=1S/C22H28N2O2/c1-4-26-19-11-10-17-14-24(13-15(2)3)18(12-23)20(21(17)22(19)25)16-8-6-5-7-9-16/h5-11,14-15,18-19H,4,12-13,23H2,1-3H3. The number of ketones is 1. The lowest BCUT2D eigenvalue weighted by atomic mass is 9.80. The Morgan fingerprint density at radius 1 is 1.23 bits per heavy atom. The first-order chi connectivity index (χ1) is 12.6. The highest BCUT2D eigenvalue weighted by molar-refractivity contribution is 6.12. The van der Waals surface area contributed by atoms with Gasteiger partial charge in [0.25, 0.3) is 0 Å². The monoisotopic (exact) mass is 352 g/mol. The van der Waals surface area contributed by atoms with Crippen molar-refractivity contribution in [2.45, 2.75) is 32.9 Å². The summed E-state index contributed by atoms with van der Waals surface area (Å²) in [6, 6.07) is 10.1. The van der Waals surface area contributed by atoms with E-state index in [1.807, 2.05) is 37.3 Å². The largest absolute Gasteiger partial charge is 0.368 e. The number of hydrogen-bond donors (Lipinski definition) is 1. The molecule has 4 heteroatoms. The number of fused-ring (bicyclic) bond motifs is 1. The van der Waals surface area contributed by atoms with Crippen molar-refractivity contribution in [3.05, 3.63) is 65.4 Å². The fraction of sp³-hybridized carbons (Fsp3) is 0.409. The molecule has 0 spiro atoms. The lowest BCUT2D eigenvalue weighted by molar-refractivity contribution is -0.123. The number of carbonyl (C=O) groups excluding carboxylic acids is 1. The molecule has 1 aromatic carbocycles. The summed E-state index contributed by atoms with van der Waals surface area (Å²) in [5.41, 5.74) is 9.97. The van der Waals surface area contributed by atoms with E-state index in [1.54, 1.807) is 0 Å². The Morgan fingerprint density at radius 3 is 2.58 bits per heavy atom. The van der Waals surface area contributed by atoms with E-state index < -0.39 is 6.10 Å². The van der Waals surface area contributed by atoms with Gasteiger partial charge in [-0.1, -0.05) is 50.3 Å². The quantitative estimate of drug-likeness (QED) is 0.854. The zero-order chi connectivity index (χ0) is 18.7. The number of nitrogens with zero attached hydrogens (tertiary/aromatic N) is 1. The van der Waals surface area contributed by atoms with Crippen LogP contribution < -0.4 is 5.73 Å². The van der Waals surface area contributed by atoms with Gasteiger partial charge in [-0.25, -0.2) is 0 Å². The average molecular weight is 352 g/mol. The molecule has 3 rings (SSSR count). The van der Waals surface area contributed by atoms with Gasteiger partial charge in [0.1, 0.15) is 6.10 Å². The molecule has 2 unspecified atom stereocenters. The van der Waals surface area contributed by atoms with E-state index in [-0.39, 0.29) is 11.8 Å². The van der Waals surface area contributed by atoms with Crippen LogP contribution in [0.1, 0.15) is 26.3 Å². The summed E-state index contributed by atoms with van der Waals surface area (Å²) >= 11 is 0. The number of ether oxygens (including phenoxy) is 1. The van der Waals surface area contributed by atoms with Crippen molar-refractivity contribution in [1.82, 2.24) is 4.90 Å². The fourth-order valence-electron chi connectivity index (χ4n) is 3.76. The number of benzene rings is 1. The first kappa shape index (κ1) is 18.6. The Kier molecular flexibility index (Phi) is 5.74. The van der Waals surface area contributed by atoms with Gasteiger partial charge in [-0.3, -0.25) is 4.79 Å². The summed E-state index contributed by atoms with van der Waals surface area (Å²) < 4.78 is 5.65. The maximum atomic E-state index is 13.2. The molecular formula is C22H28N2O2. The number of rotatable bonds is 6. The van der Waals surface area contributed by atoms with Gasteiger partial charge in [0.2, 0.25) is 0 Å². The van der Waals surface area contributed by atoms with Crippen LogP contribution in [0.2, 0.25) is 0 Å². The third-order valence-electron chi connectivity index (χ3n) is 4.78. The molecule has 138 valence electrons. The Hall–Kier alpha value is -2.17. The number of Topliss-reactive ketones (excluding diaryl/α,β-unsaturated/α-hetero) is 1.